The Labute approximate surface area is 86.2 Å². The van der Waals surface area contributed by atoms with Crippen molar-refractivity contribution < 1.29 is 4.74 Å². The summed E-state index contributed by atoms with van der Waals surface area (Å²) >= 11 is 2.23. The van der Waals surface area contributed by atoms with E-state index in [9.17, 15) is 0 Å². The highest BCUT2D eigenvalue weighted by Gasteiger charge is 1.99. The molecule has 0 aromatic carbocycles. The van der Waals surface area contributed by atoms with E-state index < -0.39 is 0 Å². The molecule has 12 heavy (non-hydrogen) atoms. The molecule has 0 aliphatic heterocycles. The molecule has 0 aliphatic rings. The van der Waals surface area contributed by atoms with E-state index in [-0.39, 0.29) is 0 Å². The molecular weight excluding hydrogens is 267 g/mol. The Balaban J connectivity index is 2.42. The zero-order chi connectivity index (χ0) is 8.97. The molecular formula is C8H13IN2O. The number of hydrogen-bond donors (Lipinski definition) is 0. The third kappa shape index (κ3) is 2.75. The van der Waals surface area contributed by atoms with Gasteiger partial charge in [0.15, 0.2) is 0 Å². The average Bonchev–Trinajstić information content (AvgIpc) is 2.32. The monoisotopic (exact) mass is 280 g/mol. The van der Waals surface area contributed by atoms with Crippen LogP contribution in [0.4, 0.5) is 0 Å². The van der Waals surface area contributed by atoms with Crippen LogP contribution in [0.2, 0.25) is 0 Å². The molecule has 1 aromatic heterocycles. The zero-order valence-electron chi connectivity index (χ0n) is 7.38. The third-order valence-corrected chi connectivity index (χ3v) is 2.62. The van der Waals surface area contributed by atoms with Gasteiger partial charge in [0.1, 0.15) is 3.70 Å². The summed E-state index contributed by atoms with van der Waals surface area (Å²) in [5, 5.41) is 4.31. The van der Waals surface area contributed by atoms with Crippen LogP contribution in [0.1, 0.15) is 12.5 Å². The molecule has 0 unspecified atom stereocenters. The van der Waals surface area contributed by atoms with Gasteiger partial charge >= 0.3 is 0 Å². The third-order valence-electron chi connectivity index (χ3n) is 1.55. The van der Waals surface area contributed by atoms with Crippen LogP contribution in [-0.4, -0.2) is 23.0 Å². The van der Waals surface area contributed by atoms with Crippen molar-refractivity contribution in [3.05, 3.63) is 15.5 Å². The van der Waals surface area contributed by atoms with Crippen molar-refractivity contribution in [3.63, 3.8) is 0 Å². The van der Waals surface area contributed by atoms with Crippen LogP contribution in [0.5, 0.6) is 0 Å². The van der Waals surface area contributed by atoms with Crippen LogP contribution in [0.25, 0.3) is 0 Å². The minimum atomic E-state index is 0.744. The van der Waals surface area contributed by atoms with Gasteiger partial charge in [0.05, 0.1) is 13.2 Å². The molecule has 0 fully saturated rings. The Hall–Kier alpha value is -0.100. The van der Waals surface area contributed by atoms with Gasteiger partial charge in [-0.15, -0.1) is 0 Å². The molecule has 1 aromatic rings. The first-order valence-corrected chi connectivity index (χ1v) is 5.09. The number of ether oxygens (including phenoxy) is 1. The maximum Gasteiger partial charge on any atom is 0.126 e. The summed E-state index contributed by atoms with van der Waals surface area (Å²) in [6.07, 6.45) is 2.04. The van der Waals surface area contributed by atoms with Gasteiger partial charge in [0.25, 0.3) is 0 Å². The van der Waals surface area contributed by atoms with Crippen molar-refractivity contribution in [3.8, 4) is 0 Å². The first-order valence-electron chi connectivity index (χ1n) is 4.01. The van der Waals surface area contributed by atoms with Crippen LogP contribution in [-0.2, 0) is 11.3 Å². The number of rotatable bonds is 4. The van der Waals surface area contributed by atoms with Gasteiger partial charge in [-0.25, -0.2) is 0 Å². The average molecular weight is 280 g/mol. The van der Waals surface area contributed by atoms with E-state index in [1.807, 2.05) is 17.8 Å². The highest BCUT2D eigenvalue weighted by Crippen LogP contribution is 2.07. The fraction of sp³-hybridized carbons (Fsp3) is 0.625. The molecule has 0 N–H and O–H groups in total. The summed E-state index contributed by atoms with van der Waals surface area (Å²) in [4.78, 5) is 0. The number of nitrogens with zero attached hydrogens (tertiary/aromatic N) is 2. The Kier molecular flexibility index (Phi) is 4.00. The number of halogens is 1. The van der Waals surface area contributed by atoms with Gasteiger partial charge in [-0.2, -0.15) is 5.10 Å². The van der Waals surface area contributed by atoms with Crippen LogP contribution in [0.3, 0.4) is 0 Å². The van der Waals surface area contributed by atoms with Crippen LogP contribution >= 0.6 is 22.6 Å². The maximum atomic E-state index is 5.22. The first-order chi connectivity index (χ1) is 5.74. The number of aryl methyl sites for hydroxylation is 1. The van der Waals surface area contributed by atoms with Gasteiger partial charge in [0, 0.05) is 18.4 Å². The Morgan fingerprint density at radius 1 is 1.67 bits per heavy atom. The van der Waals surface area contributed by atoms with Gasteiger partial charge in [-0.3, -0.25) is 4.68 Å². The smallest absolute Gasteiger partial charge is 0.126 e. The van der Waals surface area contributed by atoms with Crippen molar-refractivity contribution in [1.82, 2.24) is 9.78 Å². The number of hydrogen-bond acceptors (Lipinski definition) is 2. The topological polar surface area (TPSA) is 27.1 Å². The quantitative estimate of drug-likeness (QED) is 0.621. The molecule has 0 spiro atoms. The Bertz CT molecular complexity index is 228. The molecule has 0 radical (unpaired) electrons. The summed E-state index contributed by atoms with van der Waals surface area (Å²) in [5.74, 6) is 0. The molecule has 0 amide bonds. The van der Waals surface area contributed by atoms with E-state index in [4.69, 9.17) is 4.74 Å². The SMILES string of the molecule is CCOCCn1cc(C)c(I)n1. The van der Waals surface area contributed by atoms with Gasteiger partial charge < -0.3 is 4.74 Å². The lowest BCUT2D eigenvalue weighted by molar-refractivity contribution is 0.136. The normalized spacial score (nSPS) is 10.6. The maximum absolute atomic E-state index is 5.22. The second-order valence-corrected chi connectivity index (χ2v) is 3.58. The minimum absolute atomic E-state index is 0.744. The molecule has 0 saturated carbocycles. The van der Waals surface area contributed by atoms with Crippen molar-refractivity contribution in [1.29, 1.82) is 0 Å². The molecule has 0 atom stereocenters. The summed E-state index contributed by atoms with van der Waals surface area (Å²) in [5.41, 5.74) is 1.23. The molecule has 68 valence electrons. The van der Waals surface area contributed by atoms with E-state index in [2.05, 4.69) is 34.6 Å². The van der Waals surface area contributed by atoms with Gasteiger partial charge in [-0.1, -0.05) is 0 Å². The highest BCUT2D eigenvalue weighted by atomic mass is 127. The second kappa shape index (κ2) is 4.81. The lowest BCUT2D eigenvalue weighted by atomic mass is 10.4. The van der Waals surface area contributed by atoms with E-state index >= 15 is 0 Å². The second-order valence-electron chi connectivity index (χ2n) is 2.56. The zero-order valence-corrected chi connectivity index (χ0v) is 9.54. The van der Waals surface area contributed by atoms with E-state index in [0.717, 1.165) is 23.5 Å². The predicted molar refractivity (Wildman–Crippen MR) is 56.2 cm³/mol. The van der Waals surface area contributed by atoms with Crippen LogP contribution in [0.15, 0.2) is 6.20 Å². The lowest BCUT2D eigenvalue weighted by Gasteiger charge is -2.00. The fourth-order valence-electron chi connectivity index (χ4n) is 0.914. The standard InChI is InChI=1S/C8H13IN2O/c1-3-12-5-4-11-6-7(2)8(9)10-11/h6H,3-5H2,1-2H3. The van der Waals surface area contributed by atoms with Crippen molar-refractivity contribution >= 4 is 22.6 Å². The summed E-state index contributed by atoms with van der Waals surface area (Å²) in [7, 11) is 0. The molecule has 1 rings (SSSR count). The summed E-state index contributed by atoms with van der Waals surface area (Å²) in [6.45, 7) is 6.42. The largest absolute Gasteiger partial charge is 0.380 e. The van der Waals surface area contributed by atoms with E-state index in [1.54, 1.807) is 0 Å². The summed E-state index contributed by atoms with van der Waals surface area (Å²) in [6, 6.07) is 0. The van der Waals surface area contributed by atoms with Crippen molar-refractivity contribution in [2.24, 2.45) is 0 Å². The van der Waals surface area contributed by atoms with E-state index in [0.29, 0.717) is 0 Å². The van der Waals surface area contributed by atoms with Crippen LogP contribution in [0, 0.1) is 10.6 Å². The summed E-state index contributed by atoms with van der Waals surface area (Å²) < 4.78 is 8.22. The minimum Gasteiger partial charge on any atom is -0.380 e. The van der Waals surface area contributed by atoms with Gasteiger partial charge in [-0.05, 0) is 36.4 Å². The molecule has 1 heterocycles. The van der Waals surface area contributed by atoms with Gasteiger partial charge in [0.2, 0.25) is 0 Å². The lowest BCUT2D eigenvalue weighted by Crippen LogP contribution is -2.06. The number of aromatic nitrogens is 2. The fourth-order valence-corrected chi connectivity index (χ4v) is 1.33. The van der Waals surface area contributed by atoms with Crippen molar-refractivity contribution in [2.75, 3.05) is 13.2 Å². The Morgan fingerprint density at radius 3 is 2.92 bits per heavy atom. The van der Waals surface area contributed by atoms with Crippen LogP contribution < -0.4 is 0 Å². The molecule has 0 aliphatic carbocycles. The molecule has 0 bridgehead atoms. The molecule has 3 nitrogen and oxygen atoms in total. The van der Waals surface area contributed by atoms with E-state index in [1.165, 1.54) is 5.56 Å². The predicted octanol–water partition coefficient (Wildman–Crippen LogP) is 1.83. The highest BCUT2D eigenvalue weighted by molar-refractivity contribution is 14.1. The van der Waals surface area contributed by atoms with Crippen molar-refractivity contribution in [2.45, 2.75) is 20.4 Å². The molecule has 0 saturated heterocycles. The Morgan fingerprint density at radius 2 is 2.42 bits per heavy atom. The molecule has 4 heteroatoms. The first kappa shape index (κ1) is 9.98.